The molecule has 1 aromatic carbocycles. The fourth-order valence-corrected chi connectivity index (χ4v) is 3.30. The first kappa shape index (κ1) is 18.3. The Morgan fingerprint density at radius 3 is 2.31 bits per heavy atom. The predicted octanol–water partition coefficient (Wildman–Crippen LogP) is 2.94. The van der Waals surface area contributed by atoms with E-state index in [0.29, 0.717) is 11.7 Å². The van der Waals surface area contributed by atoms with Crippen molar-refractivity contribution in [3.63, 3.8) is 0 Å². The van der Waals surface area contributed by atoms with Crippen LogP contribution in [0.25, 0.3) is 0 Å². The number of rotatable bonds is 4. The van der Waals surface area contributed by atoms with Gasteiger partial charge in [0, 0.05) is 39.1 Å². The molecule has 1 fully saturated rings. The maximum atomic E-state index is 11.1. The van der Waals surface area contributed by atoms with Crippen LogP contribution in [-0.2, 0) is 4.79 Å². The molecule has 2 heterocycles. The molecule has 1 aliphatic rings. The van der Waals surface area contributed by atoms with Crippen molar-refractivity contribution in [1.29, 1.82) is 0 Å². The highest BCUT2D eigenvalue weighted by molar-refractivity contribution is 5.88. The Balaban J connectivity index is 1.59. The number of nitrogens with zero attached hydrogens (tertiary/aromatic N) is 4. The number of nitrogens with one attached hydrogen (secondary N) is 1. The van der Waals surface area contributed by atoms with Gasteiger partial charge in [-0.1, -0.05) is 18.2 Å². The van der Waals surface area contributed by atoms with Gasteiger partial charge in [-0.05, 0) is 37.5 Å². The summed E-state index contributed by atoms with van der Waals surface area (Å²) in [6.07, 6.45) is 3.32. The number of aryl methyl sites for hydroxylation is 2. The van der Waals surface area contributed by atoms with Gasteiger partial charge in [-0.2, -0.15) is 0 Å². The minimum Gasteiger partial charge on any atom is -0.338 e. The molecule has 0 bridgehead atoms. The van der Waals surface area contributed by atoms with Crippen LogP contribution in [0.1, 0.15) is 36.6 Å². The third kappa shape index (κ3) is 4.19. The highest BCUT2D eigenvalue weighted by atomic mass is 16.1. The van der Waals surface area contributed by atoms with Crippen molar-refractivity contribution < 1.29 is 4.79 Å². The van der Waals surface area contributed by atoms with Gasteiger partial charge < -0.3 is 10.2 Å². The Bertz CT molecular complexity index is 766. The number of carbonyl (C=O) groups is 1. The molecule has 1 aliphatic heterocycles. The summed E-state index contributed by atoms with van der Waals surface area (Å²) in [5.41, 5.74) is 4.69. The Morgan fingerprint density at radius 2 is 1.73 bits per heavy atom. The smallest absolute Gasteiger partial charge is 0.225 e. The number of hydrogen-bond acceptors (Lipinski definition) is 5. The second-order valence-electron chi connectivity index (χ2n) is 7.00. The van der Waals surface area contributed by atoms with Crippen LogP contribution in [0.2, 0.25) is 0 Å². The zero-order chi connectivity index (χ0) is 18.7. The number of piperazine rings is 1. The van der Waals surface area contributed by atoms with Gasteiger partial charge in [-0.15, -0.1) is 0 Å². The van der Waals surface area contributed by atoms with Crippen molar-refractivity contribution in [2.24, 2.45) is 0 Å². The van der Waals surface area contributed by atoms with Crippen LogP contribution in [-0.4, -0.2) is 47.0 Å². The lowest BCUT2D eigenvalue weighted by Gasteiger charge is -2.38. The summed E-state index contributed by atoms with van der Waals surface area (Å²) >= 11 is 0. The van der Waals surface area contributed by atoms with E-state index in [1.165, 1.54) is 23.6 Å². The van der Waals surface area contributed by atoms with E-state index in [9.17, 15) is 4.79 Å². The average Bonchev–Trinajstić information content (AvgIpc) is 2.64. The Hall–Kier alpha value is -2.47. The number of amides is 1. The van der Waals surface area contributed by atoms with Gasteiger partial charge in [0.15, 0.2) is 0 Å². The van der Waals surface area contributed by atoms with Crippen LogP contribution >= 0.6 is 0 Å². The number of anilines is 2. The summed E-state index contributed by atoms with van der Waals surface area (Å²) in [5, 5.41) is 2.69. The van der Waals surface area contributed by atoms with Crippen LogP contribution in [0.5, 0.6) is 0 Å². The second kappa shape index (κ2) is 7.83. The molecule has 1 aromatic heterocycles. The highest BCUT2D eigenvalue weighted by Crippen LogP contribution is 2.24. The predicted molar refractivity (Wildman–Crippen MR) is 104 cm³/mol. The van der Waals surface area contributed by atoms with E-state index in [1.807, 2.05) is 0 Å². The fourth-order valence-electron chi connectivity index (χ4n) is 3.30. The molecule has 1 amide bonds. The van der Waals surface area contributed by atoms with E-state index in [2.05, 4.69) is 64.1 Å². The Kier molecular flexibility index (Phi) is 5.52. The molecule has 6 heteroatoms. The van der Waals surface area contributed by atoms with Gasteiger partial charge in [-0.25, -0.2) is 9.97 Å². The fraction of sp³-hybridized carbons (Fsp3) is 0.450. The van der Waals surface area contributed by atoms with Crippen molar-refractivity contribution >= 4 is 17.5 Å². The Labute approximate surface area is 155 Å². The van der Waals surface area contributed by atoms with Crippen molar-refractivity contribution in [2.75, 3.05) is 36.4 Å². The van der Waals surface area contributed by atoms with Crippen LogP contribution in [0.4, 0.5) is 11.6 Å². The van der Waals surface area contributed by atoms with E-state index in [-0.39, 0.29) is 5.91 Å². The lowest BCUT2D eigenvalue weighted by Crippen LogP contribution is -2.47. The average molecular weight is 353 g/mol. The summed E-state index contributed by atoms with van der Waals surface area (Å²) in [4.78, 5) is 24.5. The molecule has 0 spiro atoms. The molecule has 2 aromatic rings. The zero-order valence-electron chi connectivity index (χ0n) is 16.0. The van der Waals surface area contributed by atoms with Gasteiger partial charge in [0.1, 0.15) is 0 Å². The van der Waals surface area contributed by atoms with Crippen molar-refractivity contribution in [3.8, 4) is 0 Å². The largest absolute Gasteiger partial charge is 0.338 e. The van der Waals surface area contributed by atoms with Crippen molar-refractivity contribution in [3.05, 3.63) is 47.3 Å². The monoisotopic (exact) mass is 353 g/mol. The maximum absolute atomic E-state index is 11.1. The second-order valence-corrected chi connectivity index (χ2v) is 7.00. The quantitative estimate of drug-likeness (QED) is 0.916. The van der Waals surface area contributed by atoms with E-state index in [0.717, 1.165) is 32.1 Å². The summed E-state index contributed by atoms with van der Waals surface area (Å²) in [6, 6.07) is 7.15. The molecule has 3 rings (SSSR count). The van der Waals surface area contributed by atoms with Gasteiger partial charge in [0.25, 0.3) is 0 Å². The molecule has 0 aliphatic carbocycles. The van der Waals surface area contributed by atoms with Crippen LogP contribution < -0.4 is 10.2 Å². The van der Waals surface area contributed by atoms with E-state index in [1.54, 1.807) is 12.4 Å². The molecule has 6 nitrogen and oxygen atoms in total. The van der Waals surface area contributed by atoms with Gasteiger partial charge in [0.2, 0.25) is 11.9 Å². The van der Waals surface area contributed by atoms with Gasteiger partial charge in [-0.3, -0.25) is 9.69 Å². The lowest BCUT2D eigenvalue weighted by atomic mass is 10.0. The van der Waals surface area contributed by atoms with Crippen molar-refractivity contribution in [1.82, 2.24) is 14.9 Å². The van der Waals surface area contributed by atoms with E-state index in [4.69, 9.17) is 0 Å². The third-order valence-corrected chi connectivity index (χ3v) is 5.12. The number of hydrogen-bond donors (Lipinski definition) is 1. The van der Waals surface area contributed by atoms with E-state index < -0.39 is 0 Å². The van der Waals surface area contributed by atoms with Crippen LogP contribution in [0, 0.1) is 13.8 Å². The maximum Gasteiger partial charge on any atom is 0.225 e. The van der Waals surface area contributed by atoms with Gasteiger partial charge >= 0.3 is 0 Å². The molecule has 1 atom stereocenters. The molecule has 138 valence electrons. The number of carbonyl (C=O) groups excluding carboxylic acids is 1. The van der Waals surface area contributed by atoms with Crippen molar-refractivity contribution in [2.45, 2.75) is 33.7 Å². The topological polar surface area (TPSA) is 61.4 Å². The Morgan fingerprint density at radius 1 is 1.08 bits per heavy atom. The minimum atomic E-state index is -0.115. The zero-order valence-corrected chi connectivity index (χ0v) is 16.0. The number of benzene rings is 1. The molecular formula is C20H27N5O. The summed E-state index contributed by atoms with van der Waals surface area (Å²) < 4.78 is 0. The SMILES string of the molecule is CC(=O)Nc1cnc(N2CCN([C@H](C)c3ccc(C)c(C)c3)CC2)nc1. The summed E-state index contributed by atoms with van der Waals surface area (Å²) in [6.45, 7) is 11.8. The lowest BCUT2D eigenvalue weighted by molar-refractivity contribution is -0.114. The molecule has 0 unspecified atom stereocenters. The normalized spacial score (nSPS) is 16.4. The van der Waals surface area contributed by atoms with Crippen LogP contribution in [0.3, 0.4) is 0 Å². The standard InChI is InChI=1S/C20H27N5O/c1-14-5-6-18(11-15(14)2)16(3)24-7-9-25(10-8-24)20-21-12-19(13-22-20)23-17(4)26/h5-6,11-13,16H,7-10H2,1-4H3,(H,23,26)/t16-/m1/s1. The molecule has 1 N–H and O–H groups in total. The molecule has 0 saturated carbocycles. The molecule has 0 radical (unpaired) electrons. The highest BCUT2D eigenvalue weighted by Gasteiger charge is 2.23. The molecular weight excluding hydrogens is 326 g/mol. The van der Waals surface area contributed by atoms with Crippen LogP contribution in [0.15, 0.2) is 30.6 Å². The first-order chi connectivity index (χ1) is 12.4. The first-order valence-corrected chi connectivity index (χ1v) is 9.10. The molecule has 1 saturated heterocycles. The minimum absolute atomic E-state index is 0.115. The first-order valence-electron chi connectivity index (χ1n) is 9.10. The van der Waals surface area contributed by atoms with Gasteiger partial charge in [0.05, 0.1) is 18.1 Å². The third-order valence-electron chi connectivity index (χ3n) is 5.12. The molecule has 26 heavy (non-hydrogen) atoms. The summed E-state index contributed by atoms with van der Waals surface area (Å²) in [5.74, 6) is 0.605. The number of aromatic nitrogens is 2. The van der Waals surface area contributed by atoms with E-state index >= 15 is 0 Å². The summed E-state index contributed by atoms with van der Waals surface area (Å²) in [7, 11) is 0.